The smallest absolute Gasteiger partial charge is 0.310 e. The summed E-state index contributed by atoms with van der Waals surface area (Å²) in [6.45, 7) is 16.0. The fraction of sp³-hybridized carbons (Fsp3) is 0.800. The van der Waals surface area contributed by atoms with Crippen LogP contribution in [0, 0.1) is 17.8 Å². The van der Waals surface area contributed by atoms with E-state index in [0.717, 1.165) is 6.42 Å². The first kappa shape index (κ1) is 26.1. The number of hydrogen-bond acceptors (Lipinski definition) is 6. The van der Waals surface area contributed by atoms with E-state index in [-0.39, 0.29) is 42.2 Å². The highest BCUT2D eigenvalue weighted by Crippen LogP contribution is 2.67. The van der Waals surface area contributed by atoms with Gasteiger partial charge in [-0.2, -0.15) is 0 Å². The van der Waals surface area contributed by atoms with Gasteiger partial charge in [0.2, 0.25) is 11.8 Å². The highest BCUT2D eigenvalue weighted by molar-refractivity contribution is 8.02. The van der Waals surface area contributed by atoms with Crippen molar-refractivity contribution in [3.63, 3.8) is 0 Å². The number of likely N-dealkylation sites (tertiary alicyclic amines) is 1. The maximum absolute atomic E-state index is 14.2. The van der Waals surface area contributed by atoms with Crippen molar-refractivity contribution in [2.24, 2.45) is 17.8 Å². The molecule has 0 saturated carbocycles. The number of carbonyl (C=O) groups excluding carboxylic acids is 3. The van der Waals surface area contributed by atoms with Crippen molar-refractivity contribution in [3.8, 4) is 0 Å². The van der Waals surface area contributed by atoms with Crippen molar-refractivity contribution in [1.29, 1.82) is 0 Å². The number of nitrogens with zero attached hydrogens (tertiary/aromatic N) is 2. The van der Waals surface area contributed by atoms with E-state index in [1.54, 1.807) is 34.6 Å². The molecular weight excluding hydrogens is 440 g/mol. The predicted octanol–water partition coefficient (Wildman–Crippen LogP) is 2.86. The van der Waals surface area contributed by atoms with Gasteiger partial charge in [-0.05, 0) is 52.9 Å². The molecule has 3 fully saturated rings. The number of hydrogen-bond donors (Lipinski definition) is 1. The molecule has 8 heteroatoms. The number of amides is 2. The third-order valence-electron chi connectivity index (χ3n) is 7.27. The highest BCUT2D eigenvalue weighted by Gasteiger charge is 2.75. The average molecular weight is 481 g/mol. The third-order valence-corrected chi connectivity index (χ3v) is 9.22. The van der Waals surface area contributed by atoms with Crippen LogP contribution in [-0.4, -0.2) is 80.1 Å². The summed E-state index contributed by atoms with van der Waals surface area (Å²) >= 11 is 1.63. The monoisotopic (exact) mass is 480 g/mol. The minimum Gasteiger partial charge on any atom is -0.466 e. The van der Waals surface area contributed by atoms with Crippen LogP contribution in [-0.2, 0) is 19.1 Å². The lowest BCUT2D eigenvalue weighted by atomic mass is 9.71. The van der Waals surface area contributed by atoms with Crippen molar-refractivity contribution >= 4 is 29.5 Å². The summed E-state index contributed by atoms with van der Waals surface area (Å²) in [7, 11) is 0. The molecule has 3 aliphatic rings. The van der Waals surface area contributed by atoms with Gasteiger partial charge in [0.15, 0.2) is 0 Å². The normalized spacial score (nSPS) is 31.6. The molecule has 0 aromatic carbocycles. The number of esters is 1. The molecule has 7 nitrogen and oxygen atoms in total. The predicted molar refractivity (Wildman–Crippen MR) is 130 cm³/mol. The Morgan fingerprint density at radius 2 is 2.06 bits per heavy atom. The Morgan fingerprint density at radius 3 is 2.58 bits per heavy atom. The van der Waals surface area contributed by atoms with Gasteiger partial charge in [-0.25, -0.2) is 0 Å². The molecule has 2 unspecified atom stereocenters. The number of ether oxygens (including phenoxy) is 1. The van der Waals surface area contributed by atoms with Gasteiger partial charge >= 0.3 is 5.97 Å². The SMILES string of the molecule is C=CCN(C(=O)C1N([C@@H](CO)CC(C)C)C(=O)[C@@H]2[C@@H](C(=O)OCC)[C@H]3CCC12S3)C(C)(C)C. The molecule has 6 atom stereocenters. The van der Waals surface area contributed by atoms with E-state index in [9.17, 15) is 19.5 Å². The van der Waals surface area contributed by atoms with Crippen LogP contribution in [0.3, 0.4) is 0 Å². The van der Waals surface area contributed by atoms with E-state index in [1.165, 1.54) is 0 Å². The van der Waals surface area contributed by atoms with Crippen LogP contribution in [0.1, 0.15) is 60.8 Å². The number of thioether (sulfide) groups is 1. The van der Waals surface area contributed by atoms with E-state index in [2.05, 4.69) is 6.58 Å². The molecule has 0 aromatic heterocycles. The van der Waals surface area contributed by atoms with Crippen LogP contribution in [0.15, 0.2) is 12.7 Å². The molecule has 3 rings (SSSR count). The maximum Gasteiger partial charge on any atom is 0.310 e. The van der Waals surface area contributed by atoms with E-state index in [1.807, 2.05) is 34.6 Å². The molecule has 0 radical (unpaired) electrons. The van der Waals surface area contributed by atoms with E-state index >= 15 is 0 Å². The fourth-order valence-corrected chi connectivity index (χ4v) is 8.25. The fourth-order valence-electron chi connectivity index (χ4n) is 6.06. The van der Waals surface area contributed by atoms with Gasteiger partial charge < -0.3 is 19.6 Å². The van der Waals surface area contributed by atoms with Crippen LogP contribution in [0.5, 0.6) is 0 Å². The second-order valence-corrected chi connectivity index (χ2v) is 12.5. The molecule has 1 N–H and O–H groups in total. The van der Waals surface area contributed by atoms with E-state index in [4.69, 9.17) is 4.74 Å². The Bertz CT molecular complexity index is 794. The van der Waals surface area contributed by atoms with Crippen LogP contribution < -0.4 is 0 Å². The zero-order valence-electron chi connectivity index (χ0n) is 20.9. The molecule has 2 amide bonds. The van der Waals surface area contributed by atoms with Crippen LogP contribution >= 0.6 is 11.8 Å². The van der Waals surface area contributed by atoms with Gasteiger partial charge in [0.1, 0.15) is 6.04 Å². The molecule has 1 spiro atoms. The summed E-state index contributed by atoms with van der Waals surface area (Å²) in [4.78, 5) is 44.6. The Kier molecular flexibility index (Phi) is 7.59. The number of aliphatic hydroxyl groups excluding tert-OH is 1. The second kappa shape index (κ2) is 9.61. The summed E-state index contributed by atoms with van der Waals surface area (Å²) in [6.07, 6.45) is 3.77. The Hall–Kier alpha value is -1.54. The molecule has 0 aromatic rings. The first-order valence-corrected chi connectivity index (χ1v) is 13.0. The summed E-state index contributed by atoms with van der Waals surface area (Å²) in [5, 5.41) is 10.3. The minimum atomic E-state index is -0.723. The van der Waals surface area contributed by atoms with Gasteiger partial charge in [0.05, 0.1) is 35.8 Å². The minimum absolute atomic E-state index is 0.0179. The van der Waals surface area contributed by atoms with Crippen LogP contribution in [0.4, 0.5) is 0 Å². The van der Waals surface area contributed by atoms with Crippen LogP contribution in [0.25, 0.3) is 0 Å². The first-order chi connectivity index (χ1) is 15.4. The lowest BCUT2D eigenvalue weighted by Gasteiger charge is -2.43. The van der Waals surface area contributed by atoms with Gasteiger partial charge in [-0.3, -0.25) is 14.4 Å². The number of rotatable bonds is 9. The zero-order chi connectivity index (χ0) is 24.7. The first-order valence-electron chi connectivity index (χ1n) is 12.1. The molecule has 3 heterocycles. The standard InChI is InChI=1S/C25H40N2O5S/c1-8-12-26(24(5,6)7)22(30)20-25-11-10-17(33-25)18(23(31)32-9-2)19(25)21(29)27(20)16(14-28)13-15(3)4/h8,15-20,28H,1,9-14H2,2-7H3/t16-,17-,18+,19+,20?,25?/m1/s1. The molecule has 186 valence electrons. The Morgan fingerprint density at radius 1 is 1.39 bits per heavy atom. The summed E-state index contributed by atoms with van der Waals surface area (Å²) in [5.41, 5.74) is -0.469. The highest BCUT2D eigenvalue weighted by atomic mass is 32.2. The van der Waals surface area contributed by atoms with Crippen molar-refractivity contribution in [2.45, 2.75) is 88.4 Å². The van der Waals surface area contributed by atoms with Crippen molar-refractivity contribution in [1.82, 2.24) is 9.80 Å². The van der Waals surface area contributed by atoms with Crippen molar-refractivity contribution < 1.29 is 24.2 Å². The molecule has 3 aliphatic heterocycles. The number of fused-ring (bicyclic) bond motifs is 1. The molecular formula is C25H40N2O5S. The van der Waals surface area contributed by atoms with Gasteiger partial charge in [0, 0.05) is 17.3 Å². The molecule has 33 heavy (non-hydrogen) atoms. The maximum atomic E-state index is 14.2. The summed E-state index contributed by atoms with van der Waals surface area (Å²) in [6, 6.07) is -1.20. The Balaban J connectivity index is 2.12. The summed E-state index contributed by atoms with van der Waals surface area (Å²) in [5.74, 6) is -1.56. The van der Waals surface area contributed by atoms with Gasteiger partial charge in [-0.15, -0.1) is 18.3 Å². The quantitative estimate of drug-likeness (QED) is 0.403. The van der Waals surface area contributed by atoms with Gasteiger partial charge in [0.25, 0.3) is 0 Å². The van der Waals surface area contributed by atoms with E-state index < -0.39 is 34.2 Å². The van der Waals surface area contributed by atoms with Crippen molar-refractivity contribution in [2.75, 3.05) is 19.8 Å². The average Bonchev–Trinajstić information content (AvgIpc) is 3.36. The zero-order valence-corrected chi connectivity index (χ0v) is 21.7. The van der Waals surface area contributed by atoms with E-state index in [0.29, 0.717) is 19.4 Å². The largest absolute Gasteiger partial charge is 0.466 e. The molecule has 0 aliphatic carbocycles. The Labute approximate surface area is 202 Å². The van der Waals surface area contributed by atoms with Gasteiger partial charge in [-0.1, -0.05) is 19.9 Å². The lowest BCUT2D eigenvalue weighted by Crippen LogP contribution is -2.60. The summed E-state index contributed by atoms with van der Waals surface area (Å²) < 4.78 is 4.70. The third kappa shape index (κ3) is 4.33. The number of aliphatic hydroxyl groups is 1. The van der Waals surface area contributed by atoms with Crippen molar-refractivity contribution in [3.05, 3.63) is 12.7 Å². The second-order valence-electron chi connectivity index (χ2n) is 10.9. The number of carbonyl (C=O) groups is 3. The topological polar surface area (TPSA) is 87.2 Å². The lowest BCUT2D eigenvalue weighted by molar-refractivity contribution is -0.154. The van der Waals surface area contributed by atoms with Crippen LogP contribution in [0.2, 0.25) is 0 Å². The molecule has 3 saturated heterocycles. The molecule has 2 bridgehead atoms.